The maximum Gasteiger partial charge on any atom is 0.338 e. The molecule has 28 heavy (non-hydrogen) atoms. The van der Waals surface area contributed by atoms with E-state index in [2.05, 4.69) is 9.88 Å². The highest BCUT2D eigenvalue weighted by atomic mass is 16.5. The molecule has 0 amide bonds. The summed E-state index contributed by atoms with van der Waals surface area (Å²) in [6.45, 7) is 6.54. The number of esters is 1. The number of carbonyl (C=O) groups is 1. The van der Waals surface area contributed by atoms with Crippen LogP contribution in [0.2, 0.25) is 0 Å². The lowest BCUT2D eigenvalue weighted by Crippen LogP contribution is -2.29. The van der Waals surface area contributed by atoms with Crippen LogP contribution in [0.3, 0.4) is 0 Å². The Kier molecular flexibility index (Phi) is 4.77. The predicted octanol–water partition coefficient (Wildman–Crippen LogP) is 4.29. The van der Waals surface area contributed by atoms with Crippen LogP contribution in [-0.4, -0.2) is 28.7 Å². The van der Waals surface area contributed by atoms with Crippen LogP contribution in [0.4, 0.5) is 5.95 Å². The van der Waals surface area contributed by atoms with Crippen LogP contribution < -0.4 is 10.1 Å². The molecule has 0 fully saturated rings. The number of ether oxygens (including phenoxy) is 2. The molecule has 0 radical (unpaired) electrons. The standard InChI is InChI=1S/C22H23N3O3/c1-4-27-16-10-8-9-15(13-16)20-19(21(26)28-5-2)14(3)23-22-24-17-11-6-7-12-18(17)25(20)22/h6-13,20H,4-5H2,1-3H3,(H,23,24). The van der Waals surface area contributed by atoms with Gasteiger partial charge in [-0.1, -0.05) is 24.3 Å². The average Bonchev–Trinajstić information content (AvgIpc) is 3.05. The number of aromatic nitrogens is 2. The number of nitrogens with one attached hydrogen (secondary N) is 1. The number of para-hydroxylation sites is 2. The first kappa shape index (κ1) is 18.1. The molecule has 0 saturated carbocycles. The van der Waals surface area contributed by atoms with Crippen molar-refractivity contribution in [2.45, 2.75) is 26.8 Å². The fourth-order valence-electron chi connectivity index (χ4n) is 3.69. The van der Waals surface area contributed by atoms with Gasteiger partial charge >= 0.3 is 5.97 Å². The first-order valence-electron chi connectivity index (χ1n) is 9.48. The van der Waals surface area contributed by atoms with Crippen molar-refractivity contribution in [3.05, 3.63) is 65.4 Å². The number of carbonyl (C=O) groups excluding carboxylic acids is 1. The van der Waals surface area contributed by atoms with Gasteiger partial charge in [-0.15, -0.1) is 0 Å². The summed E-state index contributed by atoms with van der Waals surface area (Å²) in [5.41, 5.74) is 4.08. The SMILES string of the molecule is CCOC(=O)C1=C(C)Nc2nc3ccccc3n2C1c1cccc(OCC)c1. The van der Waals surface area contributed by atoms with Gasteiger partial charge in [-0.25, -0.2) is 9.78 Å². The number of benzene rings is 2. The second-order valence-electron chi connectivity index (χ2n) is 6.59. The second kappa shape index (κ2) is 7.38. The lowest BCUT2D eigenvalue weighted by atomic mass is 9.95. The third-order valence-electron chi connectivity index (χ3n) is 4.81. The molecule has 0 spiro atoms. The van der Waals surface area contributed by atoms with Gasteiger partial charge in [0.25, 0.3) is 0 Å². The van der Waals surface area contributed by atoms with Crippen molar-refractivity contribution < 1.29 is 14.3 Å². The van der Waals surface area contributed by atoms with E-state index in [-0.39, 0.29) is 12.0 Å². The highest BCUT2D eigenvalue weighted by Gasteiger charge is 2.35. The molecule has 0 aliphatic carbocycles. The average molecular weight is 377 g/mol. The molecule has 3 aromatic rings. The number of rotatable bonds is 5. The lowest BCUT2D eigenvalue weighted by Gasteiger charge is -2.30. The number of imidazole rings is 1. The van der Waals surface area contributed by atoms with Gasteiger partial charge in [0.15, 0.2) is 0 Å². The maximum absolute atomic E-state index is 12.9. The van der Waals surface area contributed by atoms with Gasteiger partial charge in [-0.05, 0) is 50.6 Å². The normalized spacial score (nSPS) is 15.9. The van der Waals surface area contributed by atoms with Gasteiger partial charge in [-0.3, -0.25) is 4.57 Å². The van der Waals surface area contributed by atoms with Gasteiger partial charge in [0.2, 0.25) is 5.95 Å². The summed E-state index contributed by atoms with van der Waals surface area (Å²) in [4.78, 5) is 17.6. The molecule has 1 aromatic heterocycles. The summed E-state index contributed by atoms with van der Waals surface area (Å²) in [5, 5.41) is 3.28. The molecule has 1 aliphatic rings. The number of allylic oxidation sites excluding steroid dienone is 1. The molecule has 1 N–H and O–H groups in total. The number of hydrogen-bond acceptors (Lipinski definition) is 5. The zero-order valence-corrected chi connectivity index (χ0v) is 16.2. The molecular formula is C22H23N3O3. The molecule has 2 aromatic carbocycles. The molecule has 4 rings (SSSR count). The van der Waals surface area contributed by atoms with E-state index in [0.717, 1.165) is 28.0 Å². The summed E-state index contributed by atoms with van der Waals surface area (Å²) >= 11 is 0. The molecular weight excluding hydrogens is 354 g/mol. The van der Waals surface area contributed by atoms with Crippen LogP contribution in [-0.2, 0) is 9.53 Å². The summed E-state index contributed by atoms with van der Waals surface area (Å²) in [6.07, 6.45) is 0. The minimum absolute atomic E-state index is 0.318. The van der Waals surface area contributed by atoms with E-state index in [1.54, 1.807) is 0 Å². The van der Waals surface area contributed by atoms with Crippen LogP contribution in [0.25, 0.3) is 11.0 Å². The summed E-state index contributed by atoms with van der Waals surface area (Å²) in [5.74, 6) is 1.15. The quantitative estimate of drug-likeness (QED) is 0.672. The predicted molar refractivity (Wildman–Crippen MR) is 108 cm³/mol. The first-order valence-corrected chi connectivity index (χ1v) is 9.48. The Hall–Kier alpha value is -3.28. The molecule has 0 bridgehead atoms. The Labute approximate surface area is 163 Å². The Morgan fingerprint density at radius 3 is 2.75 bits per heavy atom. The van der Waals surface area contributed by atoms with E-state index in [9.17, 15) is 4.79 Å². The van der Waals surface area contributed by atoms with Gasteiger partial charge in [0, 0.05) is 5.70 Å². The monoisotopic (exact) mass is 377 g/mol. The van der Waals surface area contributed by atoms with Gasteiger partial charge < -0.3 is 14.8 Å². The Morgan fingerprint density at radius 1 is 1.14 bits per heavy atom. The molecule has 6 nitrogen and oxygen atoms in total. The summed E-state index contributed by atoms with van der Waals surface area (Å²) < 4.78 is 13.1. The van der Waals surface area contributed by atoms with Crippen molar-refractivity contribution in [2.75, 3.05) is 18.5 Å². The second-order valence-corrected chi connectivity index (χ2v) is 6.59. The van der Waals surface area contributed by atoms with Crippen molar-refractivity contribution in [1.29, 1.82) is 0 Å². The van der Waals surface area contributed by atoms with E-state index < -0.39 is 0 Å². The van der Waals surface area contributed by atoms with Crippen molar-refractivity contribution >= 4 is 23.0 Å². The zero-order chi connectivity index (χ0) is 19.7. The van der Waals surface area contributed by atoms with Crippen LogP contribution in [0.1, 0.15) is 32.4 Å². The van der Waals surface area contributed by atoms with Crippen LogP contribution in [0.5, 0.6) is 5.75 Å². The number of hydrogen-bond donors (Lipinski definition) is 1. The first-order chi connectivity index (χ1) is 13.6. The third-order valence-corrected chi connectivity index (χ3v) is 4.81. The number of fused-ring (bicyclic) bond motifs is 3. The smallest absolute Gasteiger partial charge is 0.338 e. The Balaban J connectivity index is 1.95. The van der Waals surface area contributed by atoms with Gasteiger partial charge in [0.05, 0.1) is 35.9 Å². The zero-order valence-electron chi connectivity index (χ0n) is 16.2. The number of nitrogens with zero attached hydrogens (tertiary/aromatic N) is 2. The summed E-state index contributed by atoms with van der Waals surface area (Å²) in [7, 11) is 0. The van der Waals surface area contributed by atoms with E-state index in [0.29, 0.717) is 24.7 Å². The van der Waals surface area contributed by atoms with Crippen molar-refractivity contribution in [3.8, 4) is 5.75 Å². The Bertz CT molecular complexity index is 1070. The molecule has 1 atom stereocenters. The maximum atomic E-state index is 12.9. The van der Waals surface area contributed by atoms with Crippen LogP contribution in [0, 0.1) is 0 Å². The fraction of sp³-hybridized carbons (Fsp3) is 0.273. The fourth-order valence-corrected chi connectivity index (χ4v) is 3.69. The third kappa shape index (κ3) is 3.01. The van der Waals surface area contributed by atoms with Crippen molar-refractivity contribution in [3.63, 3.8) is 0 Å². The van der Waals surface area contributed by atoms with Gasteiger partial charge in [-0.2, -0.15) is 0 Å². The molecule has 1 aliphatic heterocycles. The molecule has 2 heterocycles. The largest absolute Gasteiger partial charge is 0.494 e. The number of anilines is 1. The highest BCUT2D eigenvalue weighted by molar-refractivity contribution is 5.94. The van der Waals surface area contributed by atoms with Crippen LogP contribution in [0.15, 0.2) is 59.8 Å². The van der Waals surface area contributed by atoms with E-state index >= 15 is 0 Å². The highest BCUT2D eigenvalue weighted by Crippen LogP contribution is 2.40. The molecule has 1 unspecified atom stereocenters. The van der Waals surface area contributed by atoms with E-state index in [1.165, 1.54) is 0 Å². The molecule has 144 valence electrons. The van der Waals surface area contributed by atoms with Crippen LogP contribution >= 0.6 is 0 Å². The summed E-state index contributed by atoms with van der Waals surface area (Å²) in [6, 6.07) is 15.4. The van der Waals surface area contributed by atoms with E-state index in [1.807, 2.05) is 69.3 Å². The minimum atomic E-state index is -0.358. The minimum Gasteiger partial charge on any atom is -0.494 e. The lowest BCUT2D eigenvalue weighted by molar-refractivity contribution is -0.139. The van der Waals surface area contributed by atoms with Crippen molar-refractivity contribution in [2.24, 2.45) is 0 Å². The van der Waals surface area contributed by atoms with E-state index in [4.69, 9.17) is 14.5 Å². The molecule has 6 heteroatoms. The molecule has 0 saturated heterocycles. The Morgan fingerprint density at radius 2 is 1.96 bits per heavy atom. The topological polar surface area (TPSA) is 65.4 Å². The van der Waals surface area contributed by atoms with Gasteiger partial charge in [0.1, 0.15) is 5.75 Å². The van der Waals surface area contributed by atoms with Crippen molar-refractivity contribution in [1.82, 2.24) is 9.55 Å².